The Labute approximate surface area is 115 Å². The van der Waals surface area contributed by atoms with E-state index in [2.05, 4.69) is 0 Å². The molecule has 1 fully saturated rings. The van der Waals surface area contributed by atoms with Crippen molar-refractivity contribution < 1.29 is 13.5 Å². The highest BCUT2D eigenvalue weighted by atomic mass is 32.2. The number of nitrogens with zero attached hydrogens (tertiary/aromatic N) is 1. The highest BCUT2D eigenvalue weighted by Crippen LogP contribution is 2.29. The van der Waals surface area contributed by atoms with Crippen LogP contribution in [0.15, 0.2) is 30.3 Å². The van der Waals surface area contributed by atoms with E-state index in [4.69, 9.17) is 0 Å². The van der Waals surface area contributed by atoms with E-state index in [1.165, 1.54) is 11.4 Å². The molecule has 1 atom stereocenters. The van der Waals surface area contributed by atoms with Gasteiger partial charge in [-0.2, -0.15) is 0 Å². The van der Waals surface area contributed by atoms with Gasteiger partial charge >= 0.3 is 0 Å². The largest absolute Gasteiger partial charge is 0.392 e. The van der Waals surface area contributed by atoms with Crippen LogP contribution in [0.1, 0.15) is 25.7 Å². The fraction of sp³-hybridized carbons (Fsp3) is 0.571. The zero-order chi connectivity index (χ0) is 13.9. The molecule has 0 unspecified atom stereocenters. The summed E-state index contributed by atoms with van der Waals surface area (Å²) in [6.45, 7) is 0. The number of hydrogen-bond acceptors (Lipinski definition) is 3. The first-order chi connectivity index (χ1) is 9.00. The van der Waals surface area contributed by atoms with Crippen LogP contribution in [0.3, 0.4) is 0 Å². The number of benzene rings is 1. The van der Waals surface area contributed by atoms with Gasteiger partial charge in [0, 0.05) is 7.05 Å². The summed E-state index contributed by atoms with van der Waals surface area (Å²) >= 11 is 0. The smallest absolute Gasteiger partial charge is 0.237 e. The molecule has 2 rings (SSSR count). The SMILES string of the molecule is CN(c1ccccc1)S(=O)(=O)C[C@@H](O)C1CCCC1. The molecule has 1 saturated carbocycles. The molecule has 1 N–H and O–H groups in total. The first-order valence-corrected chi connectivity index (χ1v) is 8.31. The first kappa shape index (κ1) is 14.3. The predicted octanol–water partition coefficient (Wildman–Crippen LogP) is 2.00. The zero-order valence-electron chi connectivity index (χ0n) is 11.2. The van der Waals surface area contributed by atoms with Crippen molar-refractivity contribution in [1.29, 1.82) is 0 Å². The van der Waals surface area contributed by atoms with E-state index < -0.39 is 16.1 Å². The third kappa shape index (κ3) is 3.48. The molecule has 0 saturated heterocycles. The molecular weight excluding hydrogens is 262 g/mol. The summed E-state index contributed by atoms with van der Waals surface area (Å²) in [5.41, 5.74) is 0.626. The molecule has 0 heterocycles. The van der Waals surface area contributed by atoms with Gasteiger partial charge in [0.05, 0.1) is 17.5 Å². The highest BCUT2D eigenvalue weighted by molar-refractivity contribution is 7.92. The van der Waals surface area contributed by atoms with E-state index in [0.717, 1.165) is 25.7 Å². The Morgan fingerprint density at radius 3 is 2.42 bits per heavy atom. The molecule has 0 aliphatic heterocycles. The molecular formula is C14H21NO3S. The molecule has 1 aliphatic rings. The molecule has 0 spiro atoms. The Morgan fingerprint density at radius 1 is 1.26 bits per heavy atom. The Kier molecular flexibility index (Phi) is 4.47. The molecule has 4 nitrogen and oxygen atoms in total. The Hall–Kier alpha value is -1.07. The topological polar surface area (TPSA) is 57.6 Å². The minimum atomic E-state index is -3.47. The molecule has 1 aliphatic carbocycles. The van der Waals surface area contributed by atoms with E-state index in [0.29, 0.717) is 5.69 Å². The summed E-state index contributed by atoms with van der Waals surface area (Å²) in [5, 5.41) is 10.1. The number of anilines is 1. The Bertz CT molecular complexity index is 495. The van der Waals surface area contributed by atoms with E-state index in [9.17, 15) is 13.5 Å². The number of hydrogen-bond donors (Lipinski definition) is 1. The number of rotatable bonds is 5. The molecule has 1 aromatic rings. The number of sulfonamides is 1. The summed E-state index contributed by atoms with van der Waals surface area (Å²) in [6.07, 6.45) is 3.31. The van der Waals surface area contributed by atoms with Crippen molar-refractivity contribution in [1.82, 2.24) is 0 Å². The maximum Gasteiger partial charge on any atom is 0.237 e. The molecule has 0 aromatic heterocycles. The Morgan fingerprint density at radius 2 is 1.84 bits per heavy atom. The minimum Gasteiger partial charge on any atom is -0.392 e. The molecule has 5 heteroatoms. The minimum absolute atomic E-state index is 0.138. The molecule has 19 heavy (non-hydrogen) atoms. The van der Waals surface area contributed by atoms with Gasteiger partial charge in [-0.1, -0.05) is 31.0 Å². The molecule has 0 amide bonds. The van der Waals surface area contributed by atoms with E-state index in [1.807, 2.05) is 6.07 Å². The van der Waals surface area contributed by atoms with Crippen LogP contribution in [-0.2, 0) is 10.0 Å². The monoisotopic (exact) mass is 283 g/mol. The van der Waals surface area contributed by atoms with Crippen LogP contribution >= 0.6 is 0 Å². The van der Waals surface area contributed by atoms with Gasteiger partial charge in [-0.05, 0) is 30.9 Å². The maximum absolute atomic E-state index is 12.3. The van der Waals surface area contributed by atoms with Crippen molar-refractivity contribution in [3.05, 3.63) is 30.3 Å². The van der Waals surface area contributed by atoms with Crippen molar-refractivity contribution in [2.75, 3.05) is 17.1 Å². The van der Waals surface area contributed by atoms with Crippen molar-refractivity contribution in [3.8, 4) is 0 Å². The fourth-order valence-corrected chi connectivity index (χ4v) is 3.97. The molecule has 1 aromatic carbocycles. The third-order valence-electron chi connectivity index (χ3n) is 3.86. The standard InChI is InChI=1S/C14H21NO3S/c1-15(13-9-3-2-4-10-13)19(17,18)11-14(16)12-7-5-6-8-12/h2-4,9-10,12,14,16H,5-8,11H2,1H3/t14-/m1/s1. The zero-order valence-corrected chi connectivity index (χ0v) is 12.0. The van der Waals surface area contributed by atoms with Gasteiger partial charge in [0.15, 0.2) is 0 Å². The summed E-state index contributed by atoms with van der Waals surface area (Å²) in [6, 6.07) is 8.94. The lowest BCUT2D eigenvalue weighted by Crippen LogP contribution is -2.36. The summed E-state index contributed by atoms with van der Waals surface area (Å²) in [5.74, 6) is -0.0535. The lowest BCUT2D eigenvalue weighted by Gasteiger charge is -2.23. The average Bonchev–Trinajstić information content (AvgIpc) is 2.92. The second-order valence-corrected chi connectivity index (χ2v) is 7.24. The van der Waals surface area contributed by atoms with Crippen LogP contribution in [0.25, 0.3) is 0 Å². The molecule has 106 valence electrons. The number of aliphatic hydroxyl groups excluding tert-OH is 1. The lowest BCUT2D eigenvalue weighted by atomic mass is 10.0. The van der Waals surface area contributed by atoms with Crippen molar-refractivity contribution in [2.45, 2.75) is 31.8 Å². The van der Waals surface area contributed by atoms with E-state index in [-0.39, 0.29) is 11.7 Å². The normalized spacial score (nSPS) is 18.4. The lowest BCUT2D eigenvalue weighted by molar-refractivity contribution is 0.131. The fourth-order valence-electron chi connectivity index (χ4n) is 2.60. The van der Waals surface area contributed by atoms with Crippen molar-refractivity contribution in [2.24, 2.45) is 5.92 Å². The van der Waals surface area contributed by atoms with Crippen LogP contribution in [0.4, 0.5) is 5.69 Å². The predicted molar refractivity (Wildman–Crippen MR) is 76.6 cm³/mol. The second-order valence-electron chi connectivity index (χ2n) is 5.19. The van der Waals surface area contributed by atoms with Gasteiger partial charge in [-0.3, -0.25) is 4.31 Å². The maximum atomic E-state index is 12.3. The number of aliphatic hydroxyl groups is 1. The second kappa shape index (κ2) is 5.92. The van der Waals surface area contributed by atoms with Gasteiger partial charge in [-0.25, -0.2) is 8.42 Å². The summed E-state index contributed by atoms with van der Waals surface area (Å²) < 4.78 is 25.8. The first-order valence-electron chi connectivity index (χ1n) is 6.70. The third-order valence-corrected chi connectivity index (χ3v) is 5.67. The molecule has 0 radical (unpaired) electrons. The van der Waals surface area contributed by atoms with Gasteiger partial charge in [0.25, 0.3) is 0 Å². The van der Waals surface area contributed by atoms with Gasteiger partial charge in [0.1, 0.15) is 0 Å². The average molecular weight is 283 g/mol. The van der Waals surface area contributed by atoms with Crippen LogP contribution in [0.2, 0.25) is 0 Å². The van der Waals surface area contributed by atoms with Crippen molar-refractivity contribution >= 4 is 15.7 Å². The van der Waals surface area contributed by atoms with Crippen LogP contribution in [-0.4, -0.2) is 32.4 Å². The molecule has 0 bridgehead atoms. The van der Waals surface area contributed by atoms with Gasteiger partial charge in [0.2, 0.25) is 10.0 Å². The van der Waals surface area contributed by atoms with Crippen LogP contribution < -0.4 is 4.31 Å². The van der Waals surface area contributed by atoms with Crippen LogP contribution in [0, 0.1) is 5.92 Å². The summed E-state index contributed by atoms with van der Waals surface area (Å²) in [4.78, 5) is 0. The van der Waals surface area contributed by atoms with Crippen LogP contribution in [0.5, 0.6) is 0 Å². The summed E-state index contributed by atoms with van der Waals surface area (Å²) in [7, 11) is -1.93. The van der Waals surface area contributed by atoms with E-state index in [1.54, 1.807) is 24.3 Å². The van der Waals surface area contributed by atoms with E-state index >= 15 is 0 Å². The van der Waals surface area contributed by atoms with Gasteiger partial charge < -0.3 is 5.11 Å². The van der Waals surface area contributed by atoms with Gasteiger partial charge in [-0.15, -0.1) is 0 Å². The highest BCUT2D eigenvalue weighted by Gasteiger charge is 2.29. The number of para-hydroxylation sites is 1. The van der Waals surface area contributed by atoms with Crippen molar-refractivity contribution in [3.63, 3.8) is 0 Å². The Balaban J connectivity index is 2.05. The quantitative estimate of drug-likeness (QED) is 0.899.